The minimum atomic E-state index is -0.552. The van der Waals surface area contributed by atoms with Crippen molar-refractivity contribution < 1.29 is 14.7 Å². The first-order valence-corrected chi connectivity index (χ1v) is 15.2. The van der Waals surface area contributed by atoms with Gasteiger partial charge in [0.1, 0.15) is 0 Å². The van der Waals surface area contributed by atoms with E-state index in [1.807, 2.05) is 18.0 Å². The summed E-state index contributed by atoms with van der Waals surface area (Å²) in [4.78, 5) is 26.6. The molecule has 2 unspecified atom stereocenters. The SMILES string of the molecule is CCCCN(C)C(=O)CCCCCCC1CC2=CC(=O)CC[C@]2(C)[C@H]2CC[C@@]3(C)[C@@H](CCC3(C)O)[C@H]12. The molecule has 4 nitrogen and oxygen atoms in total. The van der Waals surface area contributed by atoms with Crippen molar-refractivity contribution >= 4 is 11.7 Å². The van der Waals surface area contributed by atoms with Crippen LogP contribution in [0.4, 0.5) is 0 Å². The van der Waals surface area contributed by atoms with Gasteiger partial charge < -0.3 is 10.0 Å². The van der Waals surface area contributed by atoms with Crippen LogP contribution in [-0.4, -0.2) is 40.9 Å². The molecule has 0 aliphatic heterocycles. The van der Waals surface area contributed by atoms with E-state index in [1.165, 1.54) is 31.3 Å². The van der Waals surface area contributed by atoms with Crippen LogP contribution in [0, 0.1) is 34.5 Å². The van der Waals surface area contributed by atoms with E-state index in [0.29, 0.717) is 48.2 Å². The van der Waals surface area contributed by atoms with Gasteiger partial charge in [-0.15, -0.1) is 0 Å². The largest absolute Gasteiger partial charge is 0.390 e. The number of nitrogens with zero attached hydrogens (tertiary/aromatic N) is 1. The molecule has 0 heterocycles. The molecule has 4 rings (SSSR count). The number of hydrogen-bond acceptors (Lipinski definition) is 3. The van der Waals surface area contributed by atoms with Crippen LogP contribution in [0.3, 0.4) is 0 Å². The summed E-state index contributed by atoms with van der Waals surface area (Å²) in [5, 5.41) is 11.4. The number of amides is 1. The molecule has 3 saturated carbocycles. The molecule has 0 aromatic heterocycles. The standard InChI is InChI=1S/C32H53NO3/c1-6-7-20-33(5)28(35)13-11-9-8-10-12-23-21-24-22-25(34)14-17-30(24,2)26-15-18-31(3)27(29(23)26)16-19-32(31,4)36/h22-23,26-27,29,36H,6-21H2,1-5H3/t23?,26-,27-,29+,30-,31-,32?/m0/s1. The molecule has 0 radical (unpaired) electrons. The summed E-state index contributed by atoms with van der Waals surface area (Å²) >= 11 is 0. The maximum Gasteiger partial charge on any atom is 0.222 e. The minimum absolute atomic E-state index is 0.0264. The number of fused-ring (bicyclic) bond motifs is 5. The Morgan fingerprint density at radius 2 is 1.75 bits per heavy atom. The van der Waals surface area contributed by atoms with Crippen LogP contribution in [0.15, 0.2) is 11.6 Å². The zero-order chi connectivity index (χ0) is 26.1. The van der Waals surface area contributed by atoms with E-state index in [2.05, 4.69) is 27.7 Å². The van der Waals surface area contributed by atoms with Gasteiger partial charge in [-0.3, -0.25) is 9.59 Å². The summed E-state index contributed by atoms with van der Waals surface area (Å²) in [5.74, 6) is 3.17. The molecule has 4 aliphatic carbocycles. The van der Waals surface area contributed by atoms with Crippen molar-refractivity contribution in [3.63, 3.8) is 0 Å². The molecule has 0 aromatic carbocycles. The van der Waals surface area contributed by atoms with Crippen LogP contribution in [0.25, 0.3) is 0 Å². The average molecular weight is 500 g/mol. The number of carbonyl (C=O) groups is 2. The van der Waals surface area contributed by atoms with Gasteiger partial charge in [0.25, 0.3) is 0 Å². The Bertz CT molecular complexity index is 846. The number of aliphatic hydroxyl groups is 1. The van der Waals surface area contributed by atoms with Crippen LogP contribution >= 0.6 is 0 Å². The van der Waals surface area contributed by atoms with E-state index >= 15 is 0 Å². The lowest BCUT2D eigenvalue weighted by Gasteiger charge is -2.61. The summed E-state index contributed by atoms with van der Waals surface area (Å²) < 4.78 is 0. The van der Waals surface area contributed by atoms with Crippen molar-refractivity contribution in [2.24, 2.45) is 34.5 Å². The van der Waals surface area contributed by atoms with Crippen LogP contribution in [-0.2, 0) is 9.59 Å². The predicted molar refractivity (Wildman–Crippen MR) is 146 cm³/mol. The molecule has 4 aliphatic rings. The van der Waals surface area contributed by atoms with Crippen molar-refractivity contribution in [1.82, 2.24) is 4.90 Å². The van der Waals surface area contributed by atoms with E-state index in [4.69, 9.17) is 0 Å². The Balaban J connectivity index is 1.39. The average Bonchev–Trinajstić information content (AvgIpc) is 3.09. The smallest absolute Gasteiger partial charge is 0.222 e. The van der Waals surface area contributed by atoms with E-state index < -0.39 is 5.60 Å². The summed E-state index contributed by atoms with van der Waals surface area (Å²) in [7, 11) is 1.94. The Morgan fingerprint density at radius 1 is 1.03 bits per heavy atom. The molecule has 0 saturated heterocycles. The summed E-state index contributed by atoms with van der Waals surface area (Å²) in [6.07, 6.45) is 17.9. The lowest BCUT2D eigenvalue weighted by atomic mass is 9.44. The number of carbonyl (C=O) groups excluding carboxylic acids is 2. The zero-order valence-electron chi connectivity index (χ0n) is 23.9. The van der Waals surface area contributed by atoms with E-state index in [-0.39, 0.29) is 10.8 Å². The highest BCUT2D eigenvalue weighted by Crippen LogP contribution is 2.69. The molecule has 3 fully saturated rings. The molecule has 0 aromatic rings. The van der Waals surface area contributed by atoms with Crippen molar-refractivity contribution in [2.45, 2.75) is 130 Å². The van der Waals surface area contributed by atoms with Gasteiger partial charge in [-0.1, -0.05) is 52.0 Å². The van der Waals surface area contributed by atoms with E-state index in [0.717, 1.165) is 64.3 Å². The van der Waals surface area contributed by atoms with Crippen molar-refractivity contribution in [3.05, 3.63) is 11.6 Å². The second kappa shape index (κ2) is 10.9. The van der Waals surface area contributed by atoms with E-state index in [9.17, 15) is 14.7 Å². The van der Waals surface area contributed by atoms with Gasteiger partial charge in [-0.2, -0.15) is 0 Å². The van der Waals surface area contributed by atoms with Crippen LogP contribution in [0.2, 0.25) is 0 Å². The first-order valence-electron chi connectivity index (χ1n) is 15.2. The third-order valence-electron chi connectivity index (χ3n) is 11.7. The van der Waals surface area contributed by atoms with Gasteiger partial charge in [-0.25, -0.2) is 0 Å². The number of rotatable bonds is 10. The number of unbranched alkanes of at least 4 members (excludes halogenated alkanes) is 4. The van der Waals surface area contributed by atoms with Gasteiger partial charge in [0, 0.05) is 26.4 Å². The quantitative estimate of drug-likeness (QED) is 0.326. The van der Waals surface area contributed by atoms with E-state index in [1.54, 1.807) is 0 Å². The van der Waals surface area contributed by atoms with Crippen LogP contribution < -0.4 is 0 Å². The molecule has 1 N–H and O–H groups in total. The molecule has 36 heavy (non-hydrogen) atoms. The molecule has 7 atom stereocenters. The van der Waals surface area contributed by atoms with Gasteiger partial charge in [0.05, 0.1) is 5.60 Å². The highest BCUT2D eigenvalue weighted by molar-refractivity contribution is 5.91. The second-order valence-electron chi connectivity index (χ2n) is 13.7. The molecule has 204 valence electrons. The van der Waals surface area contributed by atoms with Gasteiger partial charge in [0.15, 0.2) is 5.78 Å². The van der Waals surface area contributed by atoms with Gasteiger partial charge in [0.2, 0.25) is 5.91 Å². The second-order valence-corrected chi connectivity index (χ2v) is 13.7. The van der Waals surface area contributed by atoms with Crippen molar-refractivity contribution in [2.75, 3.05) is 13.6 Å². The lowest BCUT2D eigenvalue weighted by molar-refractivity contribution is -0.135. The lowest BCUT2D eigenvalue weighted by Crippen LogP contribution is -2.56. The molecule has 4 heteroatoms. The fraction of sp³-hybridized carbons (Fsp3) is 0.875. The highest BCUT2D eigenvalue weighted by atomic mass is 16.3. The third kappa shape index (κ3) is 5.09. The van der Waals surface area contributed by atoms with Crippen LogP contribution in [0.5, 0.6) is 0 Å². The Morgan fingerprint density at radius 3 is 2.50 bits per heavy atom. The highest BCUT2D eigenvalue weighted by Gasteiger charge is 2.64. The molecular weight excluding hydrogens is 446 g/mol. The van der Waals surface area contributed by atoms with Crippen LogP contribution in [0.1, 0.15) is 124 Å². The molecular formula is C32H53NO3. The molecule has 1 amide bonds. The maximum atomic E-state index is 12.4. The van der Waals surface area contributed by atoms with Crippen molar-refractivity contribution in [1.29, 1.82) is 0 Å². The van der Waals surface area contributed by atoms with Gasteiger partial charge >= 0.3 is 0 Å². The number of hydrogen-bond donors (Lipinski definition) is 1. The molecule has 0 spiro atoms. The number of allylic oxidation sites excluding steroid dienone is 1. The topological polar surface area (TPSA) is 57.6 Å². The third-order valence-corrected chi connectivity index (χ3v) is 11.7. The zero-order valence-corrected chi connectivity index (χ0v) is 23.9. The Labute approximate surface area is 220 Å². The summed E-state index contributed by atoms with van der Waals surface area (Å²) in [6.45, 7) is 9.98. The minimum Gasteiger partial charge on any atom is -0.390 e. The first-order chi connectivity index (χ1) is 17.0. The van der Waals surface area contributed by atoms with Crippen molar-refractivity contribution in [3.8, 4) is 0 Å². The predicted octanol–water partition coefficient (Wildman–Crippen LogP) is 7.09. The monoisotopic (exact) mass is 499 g/mol. The molecule has 0 bridgehead atoms. The number of ketones is 1. The summed E-state index contributed by atoms with van der Waals surface area (Å²) in [6, 6.07) is 0. The maximum absolute atomic E-state index is 12.4. The first kappa shape index (κ1) is 27.9. The Hall–Kier alpha value is -1.16. The fourth-order valence-electron chi connectivity index (χ4n) is 8.99. The summed E-state index contributed by atoms with van der Waals surface area (Å²) in [5.41, 5.74) is 1.09. The normalized spacial score (nSPS) is 39.7. The Kier molecular flexibility index (Phi) is 8.44. The van der Waals surface area contributed by atoms with Gasteiger partial charge in [-0.05, 0) is 105 Å². The fourth-order valence-corrected chi connectivity index (χ4v) is 8.99.